The van der Waals surface area contributed by atoms with E-state index >= 15 is 0 Å². The van der Waals surface area contributed by atoms with E-state index in [-0.39, 0.29) is 24.5 Å². The second kappa shape index (κ2) is 26.8. The summed E-state index contributed by atoms with van der Waals surface area (Å²) in [7, 11) is -0.748. The highest BCUT2D eigenvalue weighted by Crippen LogP contribution is 2.42. The standard InChI is InChI=1S/C11H24N4O4S.C6H13N.C4H10.C3H8.C2H6.CH2O2/c1-11(2,3)9(14-10(17)12-5-7-16)8-15-6-4-13-20(15,18)19;1-6-4-3-5-7(6)2;1-4(2)3;1-3-2;1-2;2-1-3/h7,9,13,18-19H,4-6,8H2,1-3H3,(H2,12,14,17);6H,3-5H2,1-2H3;4H,1-3H3;3H2,1-2H3;1-2H3;1H,(H,2,3). The summed E-state index contributed by atoms with van der Waals surface area (Å²) in [6.07, 6.45) is 4.65. The van der Waals surface area contributed by atoms with Crippen LogP contribution in [-0.4, -0.2) is 94.1 Å². The molecule has 2 rings (SSSR count). The Morgan fingerprint density at radius 2 is 1.59 bits per heavy atom. The van der Waals surface area contributed by atoms with Crippen LogP contribution in [0, 0.1) is 11.3 Å². The molecule has 2 saturated heterocycles. The number of carbonyl (C=O) groups excluding carboxylic acids is 2. The molecule has 6 N–H and O–H groups in total. The van der Waals surface area contributed by atoms with Crippen LogP contribution in [-0.2, 0) is 9.59 Å². The van der Waals surface area contributed by atoms with Crippen molar-refractivity contribution < 1.29 is 28.6 Å². The first-order chi connectivity index (χ1) is 18.0. The second-order valence-electron chi connectivity index (χ2n) is 10.8. The first-order valence-electron chi connectivity index (χ1n) is 14.1. The van der Waals surface area contributed by atoms with Crippen LogP contribution >= 0.6 is 11.0 Å². The van der Waals surface area contributed by atoms with Crippen molar-refractivity contribution in [1.82, 2.24) is 24.6 Å². The molecule has 12 heteroatoms. The van der Waals surface area contributed by atoms with Gasteiger partial charge in [-0.3, -0.25) is 13.9 Å². The van der Waals surface area contributed by atoms with E-state index in [1.54, 1.807) is 0 Å². The van der Waals surface area contributed by atoms with Crippen LogP contribution in [0.3, 0.4) is 0 Å². The third kappa shape index (κ3) is 27.9. The number of urea groups is 1. The summed E-state index contributed by atoms with van der Waals surface area (Å²) in [5, 5.41) is 12.1. The minimum Gasteiger partial charge on any atom is -0.483 e. The Hall–Kier alpha value is -1.44. The minimum atomic E-state index is -2.94. The first kappa shape index (κ1) is 44.6. The zero-order valence-corrected chi connectivity index (χ0v) is 27.7. The average molecular weight is 586 g/mol. The lowest BCUT2D eigenvalue weighted by atomic mass is 9.86. The Labute approximate surface area is 241 Å². The summed E-state index contributed by atoms with van der Waals surface area (Å²) in [5.41, 5.74) is -0.267. The maximum atomic E-state index is 11.7. The maximum absolute atomic E-state index is 11.7. The number of aldehydes is 1. The molecule has 2 fully saturated rings. The summed E-state index contributed by atoms with van der Waals surface area (Å²) in [6.45, 7) is 25.2. The van der Waals surface area contributed by atoms with Crippen LogP contribution in [0.25, 0.3) is 0 Å². The summed E-state index contributed by atoms with van der Waals surface area (Å²) in [6, 6.07) is 0.112. The van der Waals surface area contributed by atoms with Crippen LogP contribution < -0.4 is 15.4 Å². The van der Waals surface area contributed by atoms with Crippen LogP contribution in [0.4, 0.5) is 4.79 Å². The van der Waals surface area contributed by atoms with Crippen molar-refractivity contribution in [2.24, 2.45) is 11.3 Å². The van der Waals surface area contributed by atoms with Crippen LogP contribution in [0.1, 0.15) is 95.4 Å². The molecule has 238 valence electrons. The van der Waals surface area contributed by atoms with E-state index < -0.39 is 17.0 Å². The third-order valence-corrected chi connectivity index (χ3v) is 6.63. The van der Waals surface area contributed by atoms with E-state index in [0.29, 0.717) is 25.9 Å². The van der Waals surface area contributed by atoms with Gasteiger partial charge in [-0.2, -0.15) is 4.31 Å². The molecule has 2 aliphatic heterocycles. The highest BCUT2D eigenvalue weighted by Gasteiger charge is 2.35. The molecule has 2 unspecified atom stereocenters. The van der Waals surface area contributed by atoms with Gasteiger partial charge >= 0.3 is 6.03 Å². The lowest BCUT2D eigenvalue weighted by Crippen LogP contribution is -2.53. The topological polar surface area (TPSA) is 154 Å². The average Bonchev–Trinajstić information content (AvgIpc) is 3.36. The van der Waals surface area contributed by atoms with Crippen molar-refractivity contribution >= 4 is 29.8 Å². The Bertz CT molecular complexity index is 581. The van der Waals surface area contributed by atoms with Crippen LogP contribution in [0.2, 0.25) is 0 Å². The zero-order chi connectivity index (χ0) is 31.7. The molecule has 0 aliphatic carbocycles. The summed E-state index contributed by atoms with van der Waals surface area (Å²) in [4.78, 5) is 32.7. The summed E-state index contributed by atoms with van der Waals surface area (Å²) < 4.78 is 23.8. The fourth-order valence-electron chi connectivity index (χ4n) is 2.88. The van der Waals surface area contributed by atoms with Gasteiger partial charge in [-0.15, -0.1) is 0 Å². The van der Waals surface area contributed by atoms with Crippen molar-refractivity contribution in [1.29, 1.82) is 0 Å². The highest BCUT2D eigenvalue weighted by molar-refractivity contribution is 8.20. The number of rotatable bonds is 5. The summed E-state index contributed by atoms with van der Waals surface area (Å²) in [5.74, 6) is 0.833. The molecule has 0 aromatic rings. The lowest BCUT2D eigenvalue weighted by molar-refractivity contribution is -0.122. The third-order valence-electron chi connectivity index (χ3n) is 4.98. The van der Waals surface area contributed by atoms with Gasteiger partial charge in [0.2, 0.25) is 0 Å². The van der Waals surface area contributed by atoms with E-state index in [0.717, 1.165) is 12.0 Å². The lowest BCUT2D eigenvalue weighted by Gasteiger charge is -2.41. The van der Waals surface area contributed by atoms with E-state index in [9.17, 15) is 18.7 Å². The molecule has 2 amide bonds. The van der Waals surface area contributed by atoms with Gasteiger partial charge < -0.3 is 25.4 Å². The fourth-order valence-corrected chi connectivity index (χ4v) is 4.13. The van der Waals surface area contributed by atoms with E-state index in [1.807, 2.05) is 34.6 Å². The van der Waals surface area contributed by atoms with Crippen molar-refractivity contribution in [3.63, 3.8) is 0 Å². The van der Waals surface area contributed by atoms with Gasteiger partial charge in [0.15, 0.2) is 0 Å². The summed E-state index contributed by atoms with van der Waals surface area (Å²) >= 11 is 0. The van der Waals surface area contributed by atoms with Gasteiger partial charge in [-0.05, 0) is 44.7 Å². The van der Waals surface area contributed by atoms with Crippen molar-refractivity contribution in [2.45, 2.75) is 108 Å². The zero-order valence-electron chi connectivity index (χ0n) is 26.9. The number of likely N-dealkylation sites (tertiary alicyclic amines) is 1. The monoisotopic (exact) mass is 585 g/mol. The highest BCUT2D eigenvalue weighted by atomic mass is 32.3. The van der Waals surface area contributed by atoms with E-state index in [1.165, 1.54) is 30.1 Å². The van der Waals surface area contributed by atoms with Crippen molar-refractivity contribution in [3.05, 3.63) is 0 Å². The van der Waals surface area contributed by atoms with Gasteiger partial charge in [-0.1, -0.05) is 86.6 Å². The maximum Gasteiger partial charge on any atom is 0.315 e. The van der Waals surface area contributed by atoms with Crippen molar-refractivity contribution in [2.75, 3.05) is 39.8 Å². The number of amides is 2. The largest absolute Gasteiger partial charge is 0.483 e. The van der Waals surface area contributed by atoms with Crippen LogP contribution in [0.15, 0.2) is 0 Å². The van der Waals surface area contributed by atoms with E-state index in [2.05, 4.69) is 68.8 Å². The molecule has 0 aromatic carbocycles. The number of nitrogens with zero attached hydrogens (tertiary/aromatic N) is 2. The smallest absolute Gasteiger partial charge is 0.315 e. The molecule has 0 bridgehead atoms. The molecule has 2 atom stereocenters. The SMILES string of the molecule is CC.CC(C)(C)C(CN1CCNS1(O)O)NC(=O)NCC=O.CC(C)C.CC1CCCN1C.CCC.O=CO. The number of carbonyl (C=O) groups is 3. The molecular formula is C27H63N5O6S. The van der Waals surface area contributed by atoms with Gasteiger partial charge in [0.1, 0.15) is 6.29 Å². The molecule has 0 saturated carbocycles. The normalized spacial score (nSPS) is 19.3. The molecule has 0 radical (unpaired) electrons. The Morgan fingerprint density at radius 3 is 1.85 bits per heavy atom. The van der Waals surface area contributed by atoms with Gasteiger partial charge in [0, 0.05) is 31.7 Å². The Morgan fingerprint density at radius 1 is 1.13 bits per heavy atom. The van der Waals surface area contributed by atoms with Crippen LogP contribution in [0.5, 0.6) is 0 Å². The molecule has 2 heterocycles. The predicted octanol–water partition coefficient (Wildman–Crippen LogP) is 5.29. The number of nitrogens with one attached hydrogen (secondary N) is 3. The number of hydrogen-bond donors (Lipinski definition) is 6. The Kier molecular flexibility index (Phi) is 30.6. The first-order valence-corrected chi connectivity index (χ1v) is 15.6. The van der Waals surface area contributed by atoms with Crippen molar-refractivity contribution in [3.8, 4) is 0 Å². The molecule has 39 heavy (non-hydrogen) atoms. The number of carboxylic acid groups (broad SMARTS) is 1. The van der Waals surface area contributed by atoms with Gasteiger partial charge in [0.05, 0.1) is 6.54 Å². The predicted molar refractivity (Wildman–Crippen MR) is 166 cm³/mol. The molecule has 0 spiro atoms. The minimum absolute atomic E-state index is 0.0524. The van der Waals surface area contributed by atoms with Gasteiger partial charge in [-0.25, -0.2) is 9.52 Å². The molecule has 11 nitrogen and oxygen atoms in total. The Balaban J connectivity index is -0.000000262. The second-order valence-corrected chi connectivity index (χ2v) is 12.6. The fraction of sp³-hybridized carbons (Fsp3) is 0.889. The quantitative estimate of drug-likeness (QED) is 0.236. The number of hydrogen-bond acceptors (Lipinski definition) is 8. The van der Waals surface area contributed by atoms with Gasteiger partial charge in [0.25, 0.3) is 6.47 Å². The van der Waals surface area contributed by atoms with E-state index in [4.69, 9.17) is 9.90 Å². The molecule has 0 aromatic heterocycles. The molecular weight excluding hydrogens is 522 g/mol. The molecule has 2 aliphatic rings.